The third kappa shape index (κ3) is 3.66. The van der Waals surface area contributed by atoms with Crippen LogP contribution in [0, 0.1) is 6.92 Å². The SMILES string of the molecule is Cc1cc(/C(=C\c2ccc(Cl)cc2)Cc2ccccc2)on1. The van der Waals surface area contributed by atoms with E-state index in [-0.39, 0.29) is 0 Å². The van der Waals surface area contributed by atoms with Gasteiger partial charge in [-0.2, -0.15) is 0 Å². The highest BCUT2D eigenvalue weighted by molar-refractivity contribution is 6.30. The Bertz CT molecular complexity index is 773. The van der Waals surface area contributed by atoms with E-state index in [9.17, 15) is 0 Å². The van der Waals surface area contributed by atoms with Gasteiger partial charge in [0.2, 0.25) is 0 Å². The van der Waals surface area contributed by atoms with Crippen molar-refractivity contribution in [1.82, 2.24) is 5.16 Å². The largest absolute Gasteiger partial charge is 0.356 e. The molecule has 0 unspecified atom stereocenters. The zero-order valence-corrected chi connectivity index (χ0v) is 13.0. The quantitative estimate of drug-likeness (QED) is 0.643. The molecule has 0 saturated heterocycles. The second kappa shape index (κ2) is 6.63. The fourth-order valence-electron chi connectivity index (χ4n) is 2.30. The molecule has 0 N–H and O–H groups in total. The Balaban J connectivity index is 1.97. The highest BCUT2D eigenvalue weighted by Gasteiger charge is 2.09. The molecule has 0 aliphatic rings. The molecule has 1 heterocycles. The lowest BCUT2D eigenvalue weighted by molar-refractivity contribution is 0.405. The van der Waals surface area contributed by atoms with Crippen molar-refractivity contribution in [1.29, 1.82) is 0 Å². The summed E-state index contributed by atoms with van der Waals surface area (Å²) in [5.41, 5.74) is 4.29. The number of halogens is 1. The van der Waals surface area contributed by atoms with Crippen LogP contribution in [0.5, 0.6) is 0 Å². The smallest absolute Gasteiger partial charge is 0.163 e. The monoisotopic (exact) mass is 309 g/mol. The minimum absolute atomic E-state index is 0.734. The van der Waals surface area contributed by atoms with Crippen LogP contribution in [0.1, 0.15) is 22.6 Å². The Labute approximate surface area is 135 Å². The summed E-state index contributed by atoms with van der Waals surface area (Å²) in [7, 11) is 0. The maximum Gasteiger partial charge on any atom is 0.163 e. The van der Waals surface area contributed by atoms with Crippen LogP contribution in [0.3, 0.4) is 0 Å². The minimum atomic E-state index is 0.734. The van der Waals surface area contributed by atoms with Gasteiger partial charge in [0.1, 0.15) is 0 Å². The van der Waals surface area contributed by atoms with E-state index in [4.69, 9.17) is 16.1 Å². The van der Waals surface area contributed by atoms with E-state index in [1.165, 1.54) is 5.56 Å². The molecule has 3 heteroatoms. The van der Waals surface area contributed by atoms with Crippen LogP contribution in [0.15, 0.2) is 65.2 Å². The first-order chi connectivity index (χ1) is 10.7. The molecule has 0 saturated carbocycles. The summed E-state index contributed by atoms with van der Waals surface area (Å²) < 4.78 is 5.45. The molecule has 0 amide bonds. The topological polar surface area (TPSA) is 26.0 Å². The van der Waals surface area contributed by atoms with Crippen molar-refractivity contribution >= 4 is 23.3 Å². The van der Waals surface area contributed by atoms with Gasteiger partial charge in [-0.15, -0.1) is 0 Å². The van der Waals surface area contributed by atoms with Gasteiger partial charge in [0.05, 0.1) is 5.69 Å². The summed E-state index contributed by atoms with van der Waals surface area (Å²) in [6.07, 6.45) is 2.90. The first-order valence-corrected chi connectivity index (χ1v) is 7.52. The number of aryl methyl sites for hydroxylation is 1. The fourth-order valence-corrected chi connectivity index (χ4v) is 2.43. The molecule has 0 radical (unpaired) electrons. The summed E-state index contributed by atoms with van der Waals surface area (Å²) in [5.74, 6) is 0.802. The molecule has 1 aromatic heterocycles. The van der Waals surface area contributed by atoms with Crippen LogP contribution >= 0.6 is 11.6 Å². The molecule has 0 aliphatic heterocycles. The molecule has 22 heavy (non-hydrogen) atoms. The molecule has 0 fully saturated rings. The Kier molecular flexibility index (Phi) is 4.40. The van der Waals surface area contributed by atoms with Crippen molar-refractivity contribution in [3.05, 3.63) is 88.3 Å². The van der Waals surface area contributed by atoms with Crippen LogP contribution in [0.2, 0.25) is 5.02 Å². The summed E-state index contributed by atoms with van der Waals surface area (Å²) in [4.78, 5) is 0. The third-order valence-corrected chi connectivity index (χ3v) is 3.64. The molecular weight excluding hydrogens is 294 g/mol. The maximum absolute atomic E-state index is 5.95. The number of hydrogen-bond acceptors (Lipinski definition) is 2. The average Bonchev–Trinajstić information content (AvgIpc) is 2.96. The van der Waals surface area contributed by atoms with Gasteiger partial charge >= 0.3 is 0 Å². The Hall–Kier alpha value is -2.32. The Morgan fingerprint density at radius 2 is 1.82 bits per heavy atom. The van der Waals surface area contributed by atoms with E-state index in [0.717, 1.165) is 34.0 Å². The lowest BCUT2D eigenvalue weighted by atomic mass is 10.0. The van der Waals surface area contributed by atoms with E-state index >= 15 is 0 Å². The number of rotatable bonds is 4. The van der Waals surface area contributed by atoms with Gasteiger partial charge in [-0.05, 0) is 36.3 Å². The van der Waals surface area contributed by atoms with Crippen molar-refractivity contribution in [3.63, 3.8) is 0 Å². The molecule has 110 valence electrons. The second-order valence-electron chi connectivity index (χ2n) is 5.22. The van der Waals surface area contributed by atoms with Crippen molar-refractivity contribution in [3.8, 4) is 0 Å². The number of benzene rings is 2. The van der Waals surface area contributed by atoms with Crippen LogP contribution in [0.25, 0.3) is 11.6 Å². The maximum atomic E-state index is 5.95. The molecule has 3 aromatic rings. The molecule has 0 bridgehead atoms. The standard InChI is InChI=1S/C19H16ClNO/c1-14-11-19(22-21-14)17(12-15-5-3-2-4-6-15)13-16-7-9-18(20)10-8-16/h2-11,13H,12H2,1H3/b17-13-. The van der Waals surface area contributed by atoms with Crippen LogP contribution in [-0.4, -0.2) is 5.16 Å². The molecule has 0 spiro atoms. The molecular formula is C19H16ClNO. The summed E-state index contributed by atoms with van der Waals surface area (Å²) in [6, 6.07) is 20.1. The van der Waals surface area contributed by atoms with E-state index in [2.05, 4.69) is 23.4 Å². The lowest BCUT2D eigenvalue weighted by Gasteiger charge is -2.05. The number of aromatic nitrogens is 1. The highest BCUT2D eigenvalue weighted by atomic mass is 35.5. The minimum Gasteiger partial charge on any atom is -0.356 e. The highest BCUT2D eigenvalue weighted by Crippen LogP contribution is 2.24. The molecule has 2 aromatic carbocycles. The second-order valence-corrected chi connectivity index (χ2v) is 5.65. The zero-order chi connectivity index (χ0) is 15.4. The number of allylic oxidation sites excluding steroid dienone is 1. The van der Waals surface area contributed by atoms with Crippen molar-refractivity contribution < 1.29 is 4.52 Å². The Morgan fingerprint density at radius 1 is 1.09 bits per heavy atom. The first-order valence-electron chi connectivity index (χ1n) is 7.14. The van der Waals surface area contributed by atoms with Gasteiger partial charge in [0.15, 0.2) is 5.76 Å². The predicted molar refractivity (Wildman–Crippen MR) is 90.7 cm³/mol. The van der Waals surface area contributed by atoms with Crippen LogP contribution < -0.4 is 0 Å². The average molecular weight is 310 g/mol. The fraction of sp³-hybridized carbons (Fsp3) is 0.105. The van der Waals surface area contributed by atoms with Crippen molar-refractivity contribution in [2.45, 2.75) is 13.3 Å². The van der Waals surface area contributed by atoms with Gasteiger partial charge in [0, 0.05) is 23.1 Å². The third-order valence-electron chi connectivity index (χ3n) is 3.39. The van der Waals surface area contributed by atoms with Crippen molar-refractivity contribution in [2.75, 3.05) is 0 Å². The number of nitrogens with zero attached hydrogens (tertiary/aromatic N) is 1. The van der Waals surface area contributed by atoms with E-state index < -0.39 is 0 Å². The Morgan fingerprint density at radius 3 is 2.45 bits per heavy atom. The first kappa shape index (κ1) is 14.6. The van der Waals surface area contributed by atoms with Crippen molar-refractivity contribution in [2.24, 2.45) is 0 Å². The zero-order valence-electron chi connectivity index (χ0n) is 12.3. The van der Waals surface area contributed by atoms with E-state index in [1.807, 2.05) is 55.5 Å². The van der Waals surface area contributed by atoms with Gasteiger partial charge in [-0.25, -0.2) is 0 Å². The van der Waals surface area contributed by atoms with Gasteiger partial charge in [-0.3, -0.25) is 0 Å². The van der Waals surface area contributed by atoms with Crippen LogP contribution in [0.4, 0.5) is 0 Å². The lowest BCUT2D eigenvalue weighted by Crippen LogP contribution is -1.90. The summed E-state index contributed by atoms with van der Waals surface area (Å²) in [5, 5.41) is 4.73. The van der Waals surface area contributed by atoms with E-state index in [0.29, 0.717) is 0 Å². The van der Waals surface area contributed by atoms with E-state index in [1.54, 1.807) is 0 Å². The summed E-state index contributed by atoms with van der Waals surface area (Å²) in [6.45, 7) is 1.93. The number of hydrogen-bond donors (Lipinski definition) is 0. The molecule has 0 aliphatic carbocycles. The van der Waals surface area contributed by atoms with Gasteiger partial charge in [-0.1, -0.05) is 59.2 Å². The molecule has 3 rings (SSSR count). The van der Waals surface area contributed by atoms with Gasteiger partial charge < -0.3 is 4.52 Å². The molecule has 2 nitrogen and oxygen atoms in total. The van der Waals surface area contributed by atoms with Gasteiger partial charge in [0.25, 0.3) is 0 Å². The predicted octanol–water partition coefficient (Wildman–Crippen LogP) is 5.42. The summed E-state index contributed by atoms with van der Waals surface area (Å²) >= 11 is 5.95. The van der Waals surface area contributed by atoms with Crippen LogP contribution in [-0.2, 0) is 6.42 Å². The normalized spacial score (nSPS) is 11.6. The molecule has 0 atom stereocenters.